The molecule has 1 atom stereocenters. The molecule has 108 valence electrons. The molecule has 0 amide bonds. The molecule has 2 heterocycles. The number of methoxy groups -OCH3 is 1. The van der Waals surface area contributed by atoms with E-state index < -0.39 is 5.60 Å². The number of H-pyrrole nitrogens is 1. The third kappa shape index (κ3) is 2.55. The van der Waals surface area contributed by atoms with Crippen LogP contribution in [0.15, 0.2) is 6.20 Å². The highest BCUT2D eigenvalue weighted by molar-refractivity contribution is 7.09. The normalized spacial score (nSPS) is 18.9. The van der Waals surface area contributed by atoms with Gasteiger partial charge in [-0.05, 0) is 38.7 Å². The van der Waals surface area contributed by atoms with Crippen molar-refractivity contribution in [2.24, 2.45) is 0 Å². The van der Waals surface area contributed by atoms with Crippen molar-refractivity contribution in [1.29, 1.82) is 0 Å². The molecule has 1 unspecified atom stereocenters. The lowest BCUT2D eigenvalue weighted by Gasteiger charge is -2.22. The van der Waals surface area contributed by atoms with Crippen molar-refractivity contribution >= 4 is 16.7 Å². The predicted octanol–water partition coefficient (Wildman–Crippen LogP) is 2.11. The second-order valence-electron chi connectivity index (χ2n) is 5.60. The topological polar surface area (TPSA) is 75.7 Å². The Kier molecular flexibility index (Phi) is 3.47. The number of hydrogen-bond acceptors (Lipinski definition) is 6. The Hall–Kier alpha value is -1.47. The van der Waals surface area contributed by atoms with Crippen molar-refractivity contribution in [2.45, 2.75) is 44.8 Å². The highest BCUT2D eigenvalue weighted by Gasteiger charge is 2.26. The fraction of sp³-hybridized carbons (Fsp3) is 0.615. The molecule has 0 saturated carbocycles. The van der Waals surface area contributed by atoms with E-state index in [9.17, 15) is 0 Å². The fourth-order valence-corrected chi connectivity index (χ4v) is 3.11. The lowest BCUT2D eigenvalue weighted by Crippen LogP contribution is -2.27. The van der Waals surface area contributed by atoms with Crippen LogP contribution in [-0.4, -0.2) is 32.7 Å². The first-order chi connectivity index (χ1) is 9.58. The quantitative estimate of drug-likeness (QED) is 0.903. The molecule has 0 bridgehead atoms. The molecule has 3 rings (SSSR count). The summed E-state index contributed by atoms with van der Waals surface area (Å²) in [5.41, 5.74) is 2.12. The molecule has 0 spiro atoms. The van der Waals surface area contributed by atoms with Gasteiger partial charge in [0.1, 0.15) is 5.60 Å². The van der Waals surface area contributed by atoms with Gasteiger partial charge in [0.15, 0.2) is 5.82 Å². The number of rotatable bonds is 4. The van der Waals surface area contributed by atoms with Crippen molar-refractivity contribution in [2.75, 3.05) is 12.4 Å². The van der Waals surface area contributed by atoms with Crippen LogP contribution in [0, 0.1) is 0 Å². The van der Waals surface area contributed by atoms with E-state index in [1.165, 1.54) is 22.8 Å². The van der Waals surface area contributed by atoms with Crippen molar-refractivity contribution in [3.05, 3.63) is 23.3 Å². The Bertz CT molecular complexity index is 591. The summed E-state index contributed by atoms with van der Waals surface area (Å²) < 4.78 is 9.79. The highest BCUT2D eigenvalue weighted by atomic mass is 32.1. The standard InChI is InChI=1S/C13H19N5OS/c1-13(2,19-3)11-16-12(20-18-11)15-9-4-5-10-8(6-9)7-14-17-10/h7,9H,4-6H2,1-3H3,(H,14,17)(H,15,16,18). The molecule has 1 aliphatic rings. The van der Waals surface area contributed by atoms with E-state index in [2.05, 4.69) is 24.9 Å². The second-order valence-corrected chi connectivity index (χ2v) is 6.35. The summed E-state index contributed by atoms with van der Waals surface area (Å²) in [6, 6.07) is 0.395. The molecular weight excluding hydrogens is 274 g/mol. The maximum atomic E-state index is 5.40. The molecule has 2 aromatic heterocycles. The Morgan fingerprint density at radius 2 is 2.35 bits per heavy atom. The van der Waals surface area contributed by atoms with Crippen LogP contribution in [0.5, 0.6) is 0 Å². The van der Waals surface area contributed by atoms with Crippen LogP contribution in [0.1, 0.15) is 37.4 Å². The summed E-state index contributed by atoms with van der Waals surface area (Å²) in [6.07, 6.45) is 5.01. The largest absolute Gasteiger partial charge is 0.371 e. The maximum absolute atomic E-state index is 5.40. The van der Waals surface area contributed by atoms with Crippen LogP contribution in [0.25, 0.3) is 0 Å². The SMILES string of the molecule is COC(C)(C)c1nsc(NC2CCc3[nH]ncc3C2)n1. The summed E-state index contributed by atoms with van der Waals surface area (Å²) in [4.78, 5) is 4.54. The number of ether oxygens (including phenoxy) is 1. The molecule has 0 aromatic carbocycles. The van der Waals surface area contributed by atoms with Gasteiger partial charge in [0.2, 0.25) is 5.13 Å². The number of fused-ring (bicyclic) bond motifs is 1. The Morgan fingerprint density at radius 1 is 1.50 bits per heavy atom. The van der Waals surface area contributed by atoms with Crippen LogP contribution in [0.2, 0.25) is 0 Å². The zero-order chi connectivity index (χ0) is 14.2. The summed E-state index contributed by atoms with van der Waals surface area (Å²) in [7, 11) is 1.68. The minimum atomic E-state index is -0.444. The third-order valence-corrected chi connectivity index (χ3v) is 4.47. The van der Waals surface area contributed by atoms with Crippen molar-refractivity contribution in [3.63, 3.8) is 0 Å². The van der Waals surface area contributed by atoms with Gasteiger partial charge in [-0.1, -0.05) is 0 Å². The Labute approximate surface area is 122 Å². The van der Waals surface area contributed by atoms with E-state index in [1.807, 2.05) is 20.0 Å². The third-order valence-electron chi connectivity index (χ3n) is 3.82. The highest BCUT2D eigenvalue weighted by Crippen LogP contribution is 2.26. The minimum Gasteiger partial charge on any atom is -0.371 e. The maximum Gasteiger partial charge on any atom is 0.202 e. The number of aryl methyl sites for hydroxylation is 1. The molecule has 20 heavy (non-hydrogen) atoms. The molecule has 7 heteroatoms. The molecule has 1 aliphatic carbocycles. The van der Waals surface area contributed by atoms with Gasteiger partial charge < -0.3 is 10.1 Å². The molecule has 2 aromatic rings. The van der Waals surface area contributed by atoms with Gasteiger partial charge >= 0.3 is 0 Å². The van der Waals surface area contributed by atoms with E-state index in [4.69, 9.17) is 4.74 Å². The molecule has 0 radical (unpaired) electrons. The summed E-state index contributed by atoms with van der Waals surface area (Å²) in [5, 5.41) is 11.5. The molecule has 6 nitrogen and oxygen atoms in total. The average molecular weight is 293 g/mol. The number of anilines is 1. The van der Waals surface area contributed by atoms with Crippen molar-refractivity contribution < 1.29 is 4.74 Å². The van der Waals surface area contributed by atoms with E-state index in [-0.39, 0.29) is 0 Å². The smallest absolute Gasteiger partial charge is 0.202 e. The molecule has 0 fully saturated rings. The van der Waals surface area contributed by atoms with Crippen molar-refractivity contribution in [1.82, 2.24) is 19.6 Å². The predicted molar refractivity (Wildman–Crippen MR) is 78.0 cm³/mol. The van der Waals surface area contributed by atoms with Crippen LogP contribution in [0.3, 0.4) is 0 Å². The monoisotopic (exact) mass is 293 g/mol. The fourth-order valence-electron chi connectivity index (χ4n) is 2.33. The van der Waals surface area contributed by atoms with E-state index >= 15 is 0 Å². The summed E-state index contributed by atoms with van der Waals surface area (Å²) in [6.45, 7) is 3.94. The number of aromatic amines is 1. The number of aromatic nitrogens is 4. The molecule has 2 N–H and O–H groups in total. The second kappa shape index (κ2) is 5.14. The molecular formula is C13H19N5OS. The van der Waals surface area contributed by atoms with Crippen LogP contribution in [-0.2, 0) is 23.2 Å². The zero-order valence-electron chi connectivity index (χ0n) is 11.9. The van der Waals surface area contributed by atoms with Gasteiger partial charge in [-0.25, -0.2) is 4.98 Å². The lowest BCUT2D eigenvalue weighted by molar-refractivity contribution is 0.0126. The zero-order valence-corrected chi connectivity index (χ0v) is 12.8. The summed E-state index contributed by atoms with van der Waals surface area (Å²) in [5.74, 6) is 0.729. The Morgan fingerprint density at radius 3 is 3.15 bits per heavy atom. The van der Waals surface area contributed by atoms with E-state index in [1.54, 1.807) is 7.11 Å². The van der Waals surface area contributed by atoms with Gasteiger partial charge in [-0.2, -0.15) is 9.47 Å². The average Bonchev–Trinajstić information content (AvgIpc) is 3.07. The Balaban J connectivity index is 1.68. The van der Waals surface area contributed by atoms with Gasteiger partial charge in [0.05, 0.1) is 6.20 Å². The summed E-state index contributed by atoms with van der Waals surface area (Å²) >= 11 is 1.39. The lowest BCUT2D eigenvalue weighted by atomic mass is 9.94. The molecule has 0 saturated heterocycles. The number of hydrogen-bond donors (Lipinski definition) is 2. The van der Waals surface area contributed by atoms with Crippen LogP contribution in [0.4, 0.5) is 5.13 Å². The van der Waals surface area contributed by atoms with Gasteiger partial charge in [0, 0.05) is 30.4 Å². The molecule has 0 aliphatic heterocycles. The van der Waals surface area contributed by atoms with Gasteiger partial charge in [-0.3, -0.25) is 5.10 Å². The first-order valence-electron chi connectivity index (χ1n) is 6.75. The van der Waals surface area contributed by atoms with Gasteiger partial charge in [0.25, 0.3) is 0 Å². The van der Waals surface area contributed by atoms with Crippen molar-refractivity contribution in [3.8, 4) is 0 Å². The van der Waals surface area contributed by atoms with Crippen LogP contribution >= 0.6 is 11.5 Å². The minimum absolute atomic E-state index is 0.395. The number of nitrogens with zero attached hydrogens (tertiary/aromatic N) is 3. The van der Waals surface area contributed by atoms with Crippen LogP contribution < -0.4 is 5.32 Å². The van der Waals surface area contributed by atoms with E-state index in [0.29, 0.717) is 6.04 Å². The number of nitrogens with one attached hydrogen (secondary N) is 2. The van der Waals surface area contributed by atoms with E-state index in [0.717, 1.165) is 30.2 Å². The first-order valence-corrected chi connectivity index (χ1v) is 7.53. The first kappa shape index (κ1) is 13.5. The van der Waals surface area contributed by atoms with Gasteiger partial charge in [-0.15, -0.1) is 0 Å².